The molecule has 0 saturated heterocycles. The summed E-state index contributed by atoms with van der Waals surface area (Å²) in [7, 11) is -2.19. The maximum absolute atomic E-state index is 12.2. The van der Waals surface area contributed by atoms with Gasteiger partial charge in [0.05, 0.1) is 22.7 Å². The Balaban J connectivity index is 2.32. The van der Waals surface area contributed by atoms with Crippen molar-refractivity contribution in [3.05, 3.63) is 39.5 Å². The van der Waals surface area contributed by atoms with Crippen molar-refractivity contribution in [3.63, 3.8) is 0 Å². The molecule has 0 saturated carbocycles. The van der Waals surface area contributed by atoms with Crippen LogP contribution in [-0.2, 0) is 16.6 Å². The Hall–Kier alpha value is -1.28. The Morgan fingerprint density at radius 2 is 2.15 bits per heavy atom. The van der Waals surface area contributed by atoms with E-state index in [0.29, 0.717) is 17.3 Å². The molecular weight excluding hydrogens is 320 g/mol. The van der Waals surface area contributed by atoms with Crippen molar-refractivity contribution in [2.75, 3.05) is 11.8 Å². The first-order valence-corrected chi connectivity index (χ1v) is 8.34. The van der Waals surface area contributed by atoms with Gasteiger partial charge in [0.1, 0.15) is 5.75 Å². The second-order valence-electron chi connectivity index (χ2n) is 3.90. The van der Waals surface area contributed by atoms with Gasteiger partial charge in [0.15, 0.2) is 0 Å². The molecule has 0 atom stereocenters. The lowest BCUT2D eigenvalue weighted by atomic mass is 10.3. The highest BCUT2D eigenvalue weighted by molar-refractivity contribution is 7.92. The molecule has 108 valence electrons. The first kappa shape index (κ1) is 15.1. The van der Waals surface area contributed by atoms with E-state index in [1.165, 1.54) is 24.5 Å². The van der Waals surface area contributed by atoms with Crippen LogP contribution < -0.4 is 15.2 Å². The summed E-state index contributed by atoms with van der Waals surface area (Å²) in [6.07, 6.45) is 0. The molecule has 0 aliphatic carbocycles. The number of hydrogen-bond acceptors (Lipinski definition) is 5. The summed E-state index contributed by atoms with van der Waals surface area (Å²) in [6.45, 7) is 0.306. The molecule has 0 radical (unpaired) electrons. The first-order chi connectivity index (χ1) is 9.46. The van der Waals surface area contributed by atoms with Crippen LogP contribution >= 0.6 is 22.9 Å². The number of nitrogens with two attached hydrogens (primary N) is 1. The van der Waals surface area contributed by atoms with Crippen molar-refractivity contribution in [1.82, 2.24) is 0 Å². The highest BCUT2D eigenvalue weighted by atomic mass is 35.5. The van der Waals surface area contributed by atoms with Crippen LogP contribution in [0, 0.1) is 0 Å². The second-order valence-corrected chi connectivity index (χ2v) is 6.99. The number of sulfonamides is 1. The molecule has 0 aliphatic rings. The van der Waals surface area contributed by atoms with Crippen molar-refractivity contribution >= 4 is 38.6 Å². The smallest absolute Gasteiger partial charge is 0.262 e. The molecule has 1 aromatic heterocycles. The average molecular weight is 333 g/mol. The van der Waals surface area contributed by atoms with Gasteiger partial charge in [0.25, 0.3) is 10.0 Å². The second kappa shape index (κ2) is 6.01. The van der Waals surface area contributed by atoms with E-state index >= 15 is 0 Å². The lowest BCUT2D eigenvalue weighted by molar-refractivity contribution is 0.415. The van der Waals surface area contributed by atoms with Gasteiger partial charge in [-0.25, -0.2) is 8.42 Å². The minimum absolute atomic E-state index is 0.168. The quantitative estimate of drug-likeness (QED) is 0.882. The van der Waals surface area contributed by atoms with Crippen molar-refractivity contribution in [2.45, 2.75) is 11.4 Å². The van der Waals surface area contributed by atoms with E-state index in [1.807, 2.05) is 0 Å². The molecule has 0 fully saturated rings. The molecule has 2 rings (SSSR count). The number of methoxy groups -OCH3 is 1. The number of nitrogens with one attached hydrogen (secondary N) is 1. The van der Waals surface area contributed by atoms with Crippen LogP contribution in [0.5, 0.6) is 5.75 Å². The SMILES string of the molecule is COc1ccc(Cl)c(NS(=O)(=O)c2csc(CN)c2)c1. The zero-order valence-corrected chi connectivity index (χ0v) is 13.0. The third-order valence-electron chi connectivity index (χ3n) is 2.56. The molecule has 5 nitrogen and oxygen atoms in total. The number of thiophene rings is 1. The summed E-state index contributed by atoms with van der Waals surface area (Å²) >= 11 is 7.28. The standard InChI is InChI=1S/C12H13ClN2O3S2/c1-18-8-2-3-11(13)12(4-8)15-20(16,17)10-5-9(6-14)19-7-10/h2-5,7,15H,6,14H2,1H3. The van der Waals surface area contributed by atoms with Gasteiger partial charge in [0, 0.05) is 22.9 Å². The van der Waals surface area contributed by atoms with E-state index in [0.717, 1.165) is 4.88 Å². The number of rotatable bonds is 5. The molecule has 0 aliphatic heterocycles. The summed E-state index contributed by atoms with van der Waals surface area (Å²) in [5, 5.41) is 1.84. The molecule has 0 amide bonds. The molecule has 20 heavy (non-hydrogen) atoms. The lowest BCUT2D eigenvalue weighted by Gasteiger charge is -2.10. The Morgan fingerprint density at radius 1 is 1.40 bits per heavy atom. The van der Waals surface area contributed by atoms with Gasteiger partial charge in [-0.15, -0.1) is 11.3 Å². The molecule has 3 N–H and O–H groups in total. The minimum atomic E-state index is -3.69. The van der Waals surface area contributed by atoms with Gasteiger partial charge in [-0.2, -0.15) is 0 Å². The third-order valence-corrected chi connectivity index (χ3v) is 5.34. The number of anilines is 1. The Morgan fingerprint density at radius 3 is 2.75 bits per heavy atom. The van der Waals surface area contributed by atoms with Gasteiger partial charge in [-0.05, 0) is 18.2 Å². The maximum atomic E-state index is 12.2. The summed E-state index contributed by atoms with van der Waals surface area (Å²) in [5.74, 6) is 0.514. The Bertz CT molecular complexity index is 713. The molecule has 0 spiro atoms. The largest absolute Gasteiger partial charge is 0.497 e. The zero-order valence-electron chi connectivity index (χ0n) is 10.6. The summed E-state index contributed by atoms with van der Waals surface area (Å²) in [5.41, 5.74) is 5.75. The van der Waals surface area contributed by atoms with Crippen molar-refractivity contribution < 1.29 is 13.2 Å². The predicted octanol–water partition coefficient (Wildman–Crippen LogP) is 2.67. The van der Waals surface area contributed by atoms with Gasteiger partial charge < -0.3 is 10.5 Å². The number of benzene rings is 1. The van der Waals surface area contributed by atoms with Crippen molar-refractivity contribution in [2.24, 2.45) is 5.73 Å². The minimum Gasteiger partial charge on any atom is -0.497 e. The fourth-order valence-corrected chi connectivity index (χ4v) is 3.97. The summed E-state index contributed by atoms with van der Waals surface area (Å²) in [6, 6.07) is 6.28. The molecule has 8 heteroatoms. The van der Waals surface area contributed by atoms with Crippen LogP contribution in [0.25, 0.3) is 0 Å². The zero-order chi connectivity index (χ0) is 14.8. The first-order valence-electron chi connectivity index (χ1n) is 5.60. The summed E-state index contributed by atoms with van der Waals surface area (Å²) in [4.78, 5) is 0.962. The molecule has 0 bridgehead atoms. The van der Waals surface area contributed by atoms with Crippen LogP contribution in [0.3, 0.4) is 0 Å². The third kappa shape index (κ3) is 3.24. The van der Waals surface area contributed by atoms with E-state index in [2.05, 4.69) is 4.72 Å². The van der Waals surface area contributed by atoms with Gasteiger partial charge >= 0.3 is 0 Å². The molecular formula is C12H13ClN2O3S2. The van der Waals surface area contributed by atoms with Gasteiger partial charge in [-0.1, -0.05) is 11.6 Å². The van der Waals surface area contributed by atoms with E-state index in [1.54, 1.807) is 23.6 Å². The van der Waals surface area contributed by atoms with Crippen LogP contribution in [-0.4, -0.2) is 15.5 Å². The van der Waals surface area contributed by atoms with Crippen molar-refractivity contribution in [3.8, 4) is 5.75 Å². The highest BCUT2D eigenvalue weighted by Gasteiger charge is 2.18. The number of ether oxygens (including phenoxy) is 1. The topological polar surface area (TPSA) is 81.4 Å². The van der Waals surface area contributed by atoms with Crippen LogP contribution in [0.2, 0.25) is 5.02 Å². The van der Waals surface area contributed by atoms with E-state index < -0.39 is 10.0 Å². The van der Waals surface area contributed by atoms with E-state index in [-0.39, 0.29) is 10.6 Å². The monoisotopic (exact) mass is 332 g/mol. The summed E-state index contributed by atoms with van der Waals surface area (Å²) < 4.78 is 32.0. The van der Waals surface area contributed by atoms with E-state index in [4.69, 9.17) is 22.1 Å². The molecule has 1 heterocycles. The number of halogens is 1. The maximum Gasteiger partial charge on any atom is 0.262 e. The Kier molecular flexibility index (Phi) is 4.54. The van der Waals surface area contributed by atoms with Gasteiger partial charge in [0.2, 0.25) is 0 Å². The van der Waals surface area contributed by atoms with Gasteiger partial charge in [-0.3, -0.25) is 4.72 Å². The predicted molar refractivity (Wildman–Crippen MR) is 81.0 cm³/mol. The molecule has 0 unspecified atom stereocenters. The highest BCUT2D eigenvalue weighted by Crippen LogP contribution is 2.29. The average Bonchev–Trinajstić information content (AvgIpc) is 2.91. The fraction of sp³-hybridized carbons (Fsp3) is 0.167. The van der Waals surface area contributed by atoms with Crippen LogP contribution in [0.4, 0.5) is 5.69 Å². The normalized spacial score (nSPS) is 11.3. The van der Waals surface area contributed by atoms with E-state index in [9.17, 15) is 8.42 Å². The number of hydrogen-bond donors (Lipinski definition) is 2. The molecule has 1 aromatic carbocycles. The lowest BCUT2D eigenvalue weighted by Crippen LogP contribution is -2.12. The Labute approximate surface area is 126 Å². The molecule has 2 aromatic rings. The van der Waals surface area contributed by atoms with Crippen LogP contribution in [0.1, 0.15) is 4.88 Å². The fourth-order valence-electron chi connectivity index (χ4n) is 1.52. The van der Waals surface area contributed by atoms with Crippen LogP contribution in [0.15, 0.2) is 34.5 Å². The van der Waals surface area contributed by atoms with Crippen molar-refractivity contribution in [1.29, 1.82) is 0 Å².